The number of carbonyl (C=O) groups is 1. The molecule has 0 saturated heterocycles. The first-order chi connectivity index (χ1) is 3.70. The van der Waals surface area contributed by atoms with E-state index < -0.39 is 0 Å². The highest BCUT2D eigenvalue weighted by atomic mass is 16.1. The van der Waals surface area contributed by atoms with Crippen LogP contribution in [0.5, 0.6) is 0 Å². The number of nitrogens with zero attached hydrogens (tertiary/aromatic N) is 1. The van der Waals surface area contributed by atoms with Gasteiger partial charge in [0.05, 0.1) is 0 Å². The van der Waals surface area contributed by atoms with E-state index in [2.05, 4.69) is 11.6 Å². The zero-order chi connectivity index (χ0) is 6.15. The summed E-state index contributed by atoms with van der Waals surface area (Å²) in [4.78, 5) is 14.1. The van der Waals surface area contributed by atoms with Crippen molar-refractivity contribution >= 4 is 11.6 Å². The van der Waals surface area contributed by atoms with Gasteiger partial charge in [-0.05, 0) is 6.92 Å². The summed E-state index contributed by atoms with van der Waals surface area (Å²) < 4.78 is 0. The Hall–Kier alpha value is -0.920. The Morgan fingerprint density at radius 2 is 2.38 bits per heavy atom. The van der Waals surface area contributed by atoms with E-state index in [9.17, 15) is 4.79 Å². The van der Waals surface area contributed by atoms with Gasteiger partial charge in [0.25, 0.3) is 5.91 Å². The van der Waals surface area contributed by atoms with E-state index in [1.807, 2.05) is 6.92 Å². The molecular formula is C6H7NO. The molecule has 1 aliphatic rings. The third-order valence-electron chi connectivity index (χ3n) is 1.06. The Morgan fingerprint density at radius 3 is 2.50 bits per heavy atom. The fourth-order valence-electron chi connectivity index (χ4n) is 0.676. The minimum absolute atomic E-state index is 0.150. The number of aliphatic imine (C=N–C) groups is 1. The lowest BCUT2D eigenvalue weighted by Gasteiger charge is -1.81. The second-order valence-corrected chi connectivity index (χ2v) is 1.93. The van der Waals surface area contributed by atoms with Crippen LogP contribution in [0.4, 0.5) is 0 Å². The summed E-state index contributed by atoms with van der Waals surface area (Å²) in [5.74, 6) is -0.150. The van der Waals surface area contributed by atoms with Crippen LogP contribution in [0, 0.1) is 0 Å². The van der Waals surface area contributed by atoms with Crippen LogP contribution in [0.15, 0.2) is 17.1 Å². The van der Waals surface area contributed by atoms with Crippen LogP contribution < -0.4 is 0 Å². The number of rotatable bonds is 0. The summed E-state index contributed by atoms with van der Waals surface area (Å²) in [5.41, 5.74) is 1.49. The van der Waals surface area contributed by atoms with Crippen LogP contribution in [0.2, 0.25) is 0 Å². The second kappa shape index (κ2) is 1.54. The fourth-order valence-corrected chi connectivity index (χ4v) is 0.676. The molecule has 0 spiro atoms. The van der Waals surface area contributed by atoms with Crippen molar-refractivity contribution in [2.75, 3.05) is 0 Å². The monoisotopic (exact) mass is 109 g/mol. The average molecular weight is 109 g/mol. The largest absolute Gasteiger partial charge is 0.272 e. The second-order valence-electron chi connectivity index (χ2n) is 1.93. The van der Waals surface area contributed by atoms with Crippen LogP contribution in [0.1, 0.15) is 13.3 Å². The van der Waals surface area contributed by atoms with Crippen molar-refractivity contribution in [2.24, 2.45) is 4.99 Å². The highest BCUT2D eigenvalue weighted by Crippen LogP contribution is 2.10. The molecule has 1 rings (SSSR count). The van der Waals surface area contributed by atoms with Gasteiger partial charge in [-0.25, -0.2) is 4.99 Å². The zero-order valence-corrected chi connectivity index (χ0v) is 4.77. The molecule has 0 atom stereocenters. The van der Waals surface area contributed by atoms with Crippen LogP contribution in [-0.2, 0) is 4.79 Å². The quantitative estimate of drug-likeness (QED) is 0.425. The Labute approximate surface area is 47.9 Å². The molecule has 0 aliphatic carbocycles. The smallest absolute Gasteiger partial charge is 0.267 e. The first-order valence-electron chi connectivity index (χ1n) is 2.46. The van der Waals surface area contributed by atoms with Crippen molar-refractivity contribution in [1.29, 1.82) is 0 Å². The minimum Gasteiger partial charge on any atom is -0.267 e. The molecule has 0 aromatic rings. The van der Waals surface area contributed by atoms with E-state index in [0.29, 0.717) is 12.0 Å². The third kappa shape index (κ3) is 0.689. The topological polar surface area (TPSA) is 29.4 Å². The van der Waals surface area contributed by atoms with Gasteiger partial charge in [-0.2, -0.15) is 0 Å². The fraction of sp³-hybridized carbons (Fsp3) is 0.333. The maximum atomic E-state index is 10.5. The van der Waals surface area contributed by atoms with E-state index in [1.165, 1.54) is 0 Å². The summed E-state index contributed by atoms with van der Waals surface area (Å²) in [6, 6.07) is 0. The summed E-state index contributed by atoms with van der Waals surface area (Å²) >= 11 is 0. The number of hydrogen-bond acceptors (Lipinski definition) is 1. The molecule has 8 heavy (non-hydrogen) atoms. The third-order valence-corrected chi connectivity index (χ3v) is 1.06. The van der Waals surface area contributed by atoms with Gasteiger partial charge in [0.1, 0.15) is 0 Å². The molecule has 0 bridgehead atoms. The lowest BCUT2D eigenvalue weighted by atomic mass is 10.2. The molecule has 2 nitrogen and oxygen atoms in total. The van der Waals surface area contributed by atoms with E-state index in [4.69, 9.17) is 0 Å². The lowest BCUT2D eigenvalue weighted by Crippen LogP contribution is -1.86. The molecule has 0 N–H and O–H groups in total. The van der Waals surface area contributed by atoms with Crippen molar-refractivity contribution in [3.05, 3.63) is 12.2 Å². The van der Waals surface area contributed by atoms with Gasteiger partial charge in [0, 0.05) is 17.7 Å². The van der Waals surface area contributed by atoms with Gasteiger partial charge < -0.3 is 0 Å². The standard InChI is InChI=1S/C6H7NO/c1-4-3-5(2)7-6(4)8/h1,3H2,2H3. The summed E-state index contributed by atoms with van der Waals surface area (Å²) in [6.45, 7) is 5.35. The molecule has 0 fully saturated rings. The van der Waals surface area contributed by atoms with E-state index in [-0.39, 0.29) is 5.91 Å². The molecule has 2 heteroatoms. The summed E-state index contributed by atoms with van der Waals surface area (Å²) in [5, 5.41) is 0. The molecule has 0 unspecified atom stereocenters. The predicted molar refractivity (Wildman–Crippen MR) is 31.9 cm³/mol. The zero-order valence-electron chi connectivity index (χ0n) is 4.77. The van der Waals surface area contributed by atoms with E-state index in [0.717, 1.165) is 5.71 Å². The van der Waals surface area contributed by atoms with Crippen LogP contribution >= 0.6 is 0 Å². The Balaban J connectivity index is 2.85. The molecule has 1 amide bonds. The Bertz CT molecular complexity index is 179. The molecule has 1 aliphatic heterocycles. The van der Waals surface area contributed by atoms with Crippen molar-refractivity contribution < 1.29 is 4.79 Å². The van der Waals surface area contributed by atoms with Gasteiger partial charge in [-0.3, -0.25) is 4.79 Å². The van der Waals surface area contributed by atoms with Gasteiger partial charge in [0.2, 0.25) is 0 Å². The van der Waals surface area contributed by atoms with E-state index >= 15 is 0 Å². The molecule has 0 radical (unpaired) electrons. The van der Waals surface area contributed by atoms with Gasteiger partial charge in [-0.1, -0.05) is 6.58 Å². The van der Waals surface area contributed by atoms with Crippen LogP contribution in [0.25, 0.3) is 0 Å². The maximum absolute atomic E-state index is 10.5. The van der Waals surface area contributed by atoms with Gasteiger partial charge in [0.15, 0.2) is 0 Å². The van der Waals surface area contributed by atoms with Gasteiger partial charge in [-0.15, -0.1) is 0 Å². The first-order valence-corrected chi connectivity index (χ1v) is 2.46. The normalized spacial score (nSPS) is 19.4. The predicted octanol–water partition coefficient (Wildman–Crippen LogP) is 0.934. The minimum atomic E-state index is -0.150. The number of hydrogen-bond donors (Lipinski definition) is 0. The van der Waals surface area contributed by atoms with Crippen LogP contribution in [-0.4, -0.2) is 11.6 Å². The van der Waals surface area contributed by atoms with Crippen molar-refractivity contribution in [1.82, 2.24) is 0 Å². The van der Waals surface area contributed by atoms with Crippen LogP contribution in [0.3, 0.4) is 0 Å². The van der Waals surface area contributed by atoms with Gasteiger partial charge >= 0.3 is 0 Å². The molecule has 0 aromatic heterocycles. The first kappa shape index (κ1) is 5.22. The summed E-state index contributed by atoms with van der Waals surface area (Å²) in [7, 11) is 0. The number of amides is 1. The lowest BCUT2D eigenvalue weighted by molar-refractivity contribution is -0.113. The molecule has 1 heterocycles. The highest BCUT2D eigenvalue weighted by Gasteiger charge is 2.13. The average Bonchev–Trinajstić information content (AvgIpc) is 1.85. The van der Waals surface area contributed by atoms with Crippen molar-refractivity contribution in [3.63, 3.8) is 0 Å². The SMILES string of the molecule is C=C1CC(C)=NC1=O. The molecule has 42 valence electrons. The molecule has 0 saturated carbocycles. The Kier molecular flexibility index (Phi) is 1.01. The number of carbonyl (C=O) groups excluding carboxylic acids is 1. The maximum Gasteiger partial charge on any atom is 0.272 e. The van der Waals surface area contributed by atoms with Crippen molar-refractivity contribution in [2.45, 2.75) is 13.3 Å². The van der Waals surface area contributed by atoms with Crippen molar-refractivity contribution in [3.8, 4) is 0 Å². The van der Waals surface area contributed by atoms with E-state index in [1.54, 1.807) is 0 Å². The molecule has 0 aromatic carbocycles. The summed E-state index contributed by atoms with van der Waals surface area (Å²) in [6.07, 6.45) is 0.666. The molecular weight excluding hydrogens is 102 g/mol. The highest BCUT2D eigenvalue weighted by molar-refractivity contribution is 6.11. The Morgan fingerprint density at radius 1 is 1.75 bits per heavy atom.